The number of fused-ring (bicyclic) bond motifs is 1. The third kappa shape index (κ3) is 2.76. The van der Waals surface area contributed by atoms with Gasteiger partial charge >= 0.3 is 0 Å². The van der Waals surface area contributed by atoms with Crippen molar-refractivity contribution in [3.05, 3.63) is 27.8 Å². The van der Waals surface area contributed by atoms with Crippen molar-refractivity contribution < 1.29 is 4.74 Å². The molecule has 0 atom stereocenters. The molecular formula is C19H28ClNO. The number of ether oxygens (including phenoxy) is 1. The number of hydrogen-bond acceptors (Lipinski definition) is 2. The van der Waals surface area contributed by atoms with Crippen LogP contribution < -0.4 is 10.5 Å². The van der Waals surface area contributed by atoms with Crippen molar-refractivity contribution in [1.82, 2.24) is 0 Å². The van der Waals surface area contributed by atoms with Crippen molar-refractivity contribution in [2.75, 3.05) is 13.7 Å². The Labute approximate surface area is 139 Å². The van der Waals surface area contributed by atoms with Crippen LogP contribution >= 0.6 is 11.6 Å². The van der Waals surface area contributed by atoms with E-state index >= 15 is 0 Å². The molecule has 1 fully saturated rings. The van der Waals surface area contributed by atoms with Crippen molar-refractivity contribution >= 4 is 11.6 Å². The van der Waals surface area contributed by atoms with Gasteiger partial charge in [0.25, 0.3) is 0 Å². The Morgan fingerprint density at radius 2 is 1.77 bits per heavy atom. The molecule has 1 aromatic rings. The first-order valence-corrected chi connectivity index (χ1v) is 9.18. The van der Waals surface area contributed by atoms with Crippen molar-refractivity contribution in [3.63, 3.8) is 0 Å². The molecule has 3 rings (SSSR count). The van der Waals surface area contributed by atoms with Gasteiger partial charge in [0.1, 0.15) is 5.75 Å². The Morgan fingerprint density at radius 3 is 2.45 bits per heavy atom. The third-order valence-electron chi connectivity index (χ3n) is 5.76. The van der Waals surface area contributed by atoms with E-state index < -0.39 is 0 Å². The first-order valence-electron chi connectivity index (χ1n) is 8.80. The summed E-state index contributed by atoms with van der Waals surface area (Å²) in [7, 11) is 1.75. The van der Waals surface area contributed by atoms with Crippen LogP contribution in [0.3, 0.4) is 0 Å². The van der Waals surface area contributed by atoms with E-state index in [-0.39, 0.29) is 5.41 Å². The maximum absolute atomic E-state index is 6.78. The predicted molar refractivity (Wildman–Crippen MR) is 93.1 cm³/mol. The summed E-state index contributed by atoms with van der Waals surface area (Å²) in [4.78, 5) is 0. The molecule has 0 spiro atoms. The average Bonchev–Trinajstić information content (AvgIpc) is 2.81. The maximum atomic E-state index is 6.78. The quantitative estimate of drug-likeness (QED) is 0.813. The summed E-state index contributed by atoms with van der Waals surface area (Å²) < 4.78 is 5.78. The van der Waals surface area contributed by atoms with Gasteiger partial charge in [-0.1, -0.05) is 43.4 Å². The topological polar surface area (TPSA) is 35.2 Å². The molecule has 0 saturated heterocycles. The monoisotopic (exact) mass is 321 g/mol. The Morgan fingerprint density at radius 1 is 1.09 bits per heavy atom. The highest BCUT2D eigenvalue weighted by molar-refractivity contribution is 6.33. The highest BCUT2D eigenvalue weighted by atomic mass is 35.5. The molecule has 122 valence electrons. The molecule has 0 amide bonds. The minimum atomic E-state index is 0.0641. The highest BCUT2D eigenvalue weighted by Crippen LogP contribution is 2.47. The fourth-order valence-electron chi connectivity index (χ4n) is 4.42. The molecule has 2 nitrogen and oxygen atoms in total. The van der Waals surface area contributed by atoms with Crippen LogP contribution in [0.4, 0.5) is 0 Å². The minimum absolute atomic E-state index is 0.0641. The largest absolute Gasteiger partial charge is 0.495 e. The normalized spacial score (nSPS) is 21.0. The van der Waals surface area contributed by atoms with Gasteiger partial charge in [-0.3, -0.25) is 0 Å². The van der Waals surface area contributed by atoms with E-state index in [4.69, 9.17) is 22.1 Å². The number of hydrogen-bond donors (Lipinski definition) is 1. The Bertz CT molecular complexity index is 535. The zero-order chi connectivity index (χ0) is 15.6. The van der Waals surface area contributed by atoms with Gasteiger partial charge in [0.15, 0.2) is 0 Å². The van der Waals surface area contributed by atoms with E-state index in [9.17, 15) is 0 Å². The van der Waals surface area contributed by atoms with Gasteiger partial charge in [0, 0.05) is 17.5 Å². The summed E-state index contributed by atoms with van der Waals surface area (Å²) in [5, 5.41) is 0.857. The Hall–Kier alpha value is -0.730. The number of nitrogens with two attached hydrogens (primary N) is 1. The van der Waals surface area contributed by atoms with Crippen molar-refractivity contribution in [3.8, 4) is 5.75 Å². The molecule has 0 radical (unpaired) electrons. The standard InChI is InChI=1S/C19H28ClNO/c1-22-18-16(19(13-21)10-6-3-7-11-19)12-14-8-4-2-5-9-15(14)17(18)20/h12H,2-11,13,21H2,1H3. The van der Waals surface area contributed by atoms with Gasteiger partial charge < -0.3 is 10.5 Å². The lowest BCUT2D eigenvalue weighted by atomic mass is 9.68. The first-order chi connectivity index (χ1) is 10.7. The van der Waals surface area contributed by atoms with Gasteiger partial charge in [0.2, 0.25) is 0 Å². The van der Waals surface area contributed by atoms with Crippen LogP contribution in [0, 0.1) is 0 Å². The van der Waals surface area contributed by atoms with Crippen LogP contribution in [0.25, 0.3) is 0 Å². The maximum Gasteiger partial charge on any atom is 0.141 e. The fraction of sp³-hybridized carbons (Fsp3) is 0.684. The summed E-state index contributed by atoms with van der Waals surface area (Å²) in [5.41, 5.74) is 10.4. The summed E-state index contributed by atoms with van der Waals surface area (Å²) in [6, 6.07) is 2.39. The van der Waals surface area contributed by atoms with Crippen LogP contribution in [0.1, 0.15) is 68.1 Å². The van der Waals surface area contributed by atoms with Crippen LogP contribution in [-0.2, 0) is 18.3 Å². The Balaban J connectivity index is 2.13. The van der Waals surface area contributed by atoms with Gasteiger partial charge in [-0.2, -0.15) is 0 Å². The molecule has 22 heavy (non-hydrogen) atoms. The molecule has 1 saturated carbocycles. The van der Waals surface area contributed by atoms with Crippen molar-refractivity contribution in [2.24, 2.45) is 5.73 Å². The predicted octanol–water partition coefficient (Wildman–Crippen LogP) is 4.78. The molecule has 0 unspecified atom stereocenters. The zero-order valence-electron chi connectivity index (χ0n) is 13.7. The van der Waals surface area contributed by atoms with Crippen LogP contribution in [0.2, 0.25) is 5.02 Å². The molecule has 0 heterocycles. The smallest absolute Gasteiger partial charge is 0.141 e. The van der Waals surface area contributed by atoms with E-state index in [2.05, 4.69) is 6.07 Å². The Kier molecular flexibility index (Phi) is 4.99. The number of rotatable bonds is 3. The number of aryl methyl sites for hydroxylation is 1. The number of halogens is 1. The van der Waals surface area contributed by atoms with Crippen LogP contribution in [-0.4, -0.2) is 13.7 Å². The van der Waals surface area contributed by atoms with Crippen molar-refractivity contribution in [2.45, 2.75) is 69.6 Å². The summed E-state index contributed by atoms with van der Waals surface area (Å²) in [6.07, 6.45) is 12.2. The van der Waals surface area contributed by atoms with Crippen LogP contribution in [0.5, 0.6) is 5.75 Å². The van der Waals surface area contributed by atoms with Gasteiger partial charge in [0.05, 0.1) is 12.1 Å². The van der Waals surface area contributed by atoms with Crippen molar-refractivity contribution in [1.29, 1.82) is 0 Å². The lowest BCUT2D eigenvalue weighted by Crippen LogP contribution is -2.37. The van der Waals surface area contributed by atoms with Gasteiger partial charge in [-0.15, -0.1) is 0 Å². The molecule has 3 heteroatoms. The second kappa shape index (κ2) is 6.80. The molecule has 2 aliphatic carbocycles. The molecule has 0 bridgehead atoms. The lowest BCUT2D eigenvalue weighted by Gasteiger charge is -2.38. The third-order valence-corrected chi connectivity index (χ3v) is 6.16. The molecule has 1 aromatic carbocycles. The molecule has 2 aliphatic rings. The molecule has 0 aliphatic heterocycles. The van der Waals surface area contributed by atoms with E-state index in [1.54, 1.807) is 7.11 Å². The van der Waals surface area contributed by atoms with Gasteiger partial charge in [-0.05, 0) is 49.7 Å². The molecule has 2 N–H and O–H groups in total. The van der Waals surface area contributed by atoms with Gasteiger partial charge in [-0.25, -0.2) is 0 Å². The molecular weight excluding hydrogens is 294 g/mol. The first kappa shape index (κ1) is 16.1. The second-order valence-corrected chi connectivity index (χ2v) is 7.39. The van der Waals surface area contributed by atoms with Crippen LogP contribution in [0.15, 0.2) is 6.07 Å². The fourth-order valence-corrected chi connectivity index (χ4v) is 4.81. The lowest BCUT2D eigenvalue weighted by molar-refractivity contribution is 0.287. The highest BCUT2D eigenvalue weighted by Gasteiger charge is 2.37. The van der Waals surface area contributed by atoms with E-state index in [0.29, 0.717) is 6.54 Å². The second-order valence-electron chi connectivity index (χ2n) is 7.01. The summed E-state index contributed by atoms with van der Waals surface area (Å²) in [5.74, 6) is 0.898. The van der Waals surface area contributed by atoms with E-state index in [1.165, 1.54) is 55.2 Å². The van der Waals surface area contributed by atoms with E-state index in [0.717, 1.165) is 36.5 Å². The number of benzene rings is 1. The van der Waals surface area contributed by atoms with E-state index in [1.807, 2.05) is 0 Å². The minimum Gasteiger partial charge on any atom is -0.495 e. The molecule has 0 aromatic heterocycles. The summed E-state index contributed by atoms with van der Waals surface area (Å²) >= 11 is 6.78. The average molecular weight is 322 g/mol. The number of methoxy groups -OCH3 is 1. The SMILES string of the molecule is COc1c(C2(CN)CCCCC2)cc2c(c1Cl)CCCCC2. The zero-order valence-corrected chi connectivity index (χ0v) is 14.5. The summed E-state index contributed by atoms with van der Waals surface area (Å²) in [6.45, 7) is 0.693.